The molecular formula is C35H56O2. The van der Waals surface area contributed by atoms with Gasteiger partial charge in [0.2, 0.25) is 0 Å². The van der Waals surface area contributed by atoms with Gasteiger partial charge in [-0.2, -0.15) is 0 Å². The SMILES string of the molecule is CCCCCCCCCCCc1cccc(O)c1Cc1c(O)cccc1CCCCCCCCCCC. The third kappa shape index (κ3) is 12.9. The molecule has 2 aromatic carbocycles. The zero-order valence-corrected chi connectivity index (χ0v) is 24.2. The molecule has 37 heavy (non-hydrogen) atoms. The van der Waals surface area contributed by atoms with E-state index < -0.39 is 0 Å². The smallest absolute Gasteiger partial charge is 0.119 e. The molecular weight excluding hydrogens is 452 g/mol. The van der Waals surface area contributed by atoms with Gasteiger partial charge in [-0.15, -0.1) is 0 Å². The van der Waals surface area contributed by atoms with Gasteiger partial charge < -0.3 is 10.2 Å². The Balaban J connectivity index is 1.84. The molecule has 0 aliphatic heterocycles. The van der Waals surface area contributed by atoms with Crippen LogP contribution in [-0.4, -0.2) is 10.2 Å². The van der Waals surface area contributed by atoms with Crippen molar-refractivity contribution in [3.05, 3.63) is 58.7 Å². The fourth-order valence-electron chi connectivity index (χ4n) is 5.55. The van der Waals surface area contributed by atoms with Crippen LogP contribution in [0.25, 0.3) is 0 Å². The second-order valence-corrected chi connectivity index (χ2v) is 11.2. The Bertz CT molecular complexity index is 772. The fourth-order valence-corrected chi connectivity index (χ4v) is 5.55. The van der Waals surface area contributed by atoms with E-state index in [4.69, 9.17) is 0 Å². The summed E-state index contributed by atoms with van der Waals surface area (Å²) in [7, 11) is 0. The normalized spacial score (nSPS) is 11.3. The number of aryl methyl sites for hydroxylation is 2. The molecule has 208 valence electrons. The lowest BCUT2D eigenvalue weighted by molar-refractivity contribution is 0.461. The highest BCUT2D eigenvalue weighted by atomic mass is 16.3. The quantitative estimate of drug-likeness (QED) is 0.155. The Labute approximate surface area is 228 Å². The van der Waals surface area contributed by atoms with E-state index >= 15 is 0 Å². The molecule has 2 rings (SSSR count). The molecule has 0 unspecified atom stereocenters. The summed E-state index contributed by atoms with van der Waals surface area (Å²) >= 11 is 0. The highest BCUT2D eigenvalue weighted by Gasteiger charge is 2.14. The minimum Gasteiger partial charge on any atom is -0.508 e. The van der Waals surface area contributed by atoms with Crippen molar-refractivity contribution in [3.63, 3.8) is 0 Å². The standard InChI is InChI=1S/C35H56O2/c1-3-5-7-9-11-13-15-17-19-23-30-25-21-27-34(36)32(30)29-33-31(26-22-28-35(33)37)24-20-18-16-14-12-10-8-6-4-2/h21-22,25-28,36-37H,3-20,23-24,29H2,1-2H3. The second-order valence-electron chi connectivity index (χ2n) is 11.2. The average Bonchev–Trinajstić information content (AvgIpc) is 2.89. The molecule has 0 amide bonds. The van der Waals surface area contributed by atoms with Crippen LogP contribution < -0.4 is 0 Å². The first kappa shape index (κ1) is 31.3. The molecule has 0 saturated heterocycles. The number of hydrogen-bond donors (Lipinski definition) is 2. The minimum atomic E-state index is 0.366. The molecule has 0 radical (unpaired) electrons. The summed E-state index contributed by atoms with van der Waals surface area (Å²) < 4.78 is 0. The zero-order chi connectivity index (χ0) is 26.6. The molecule has 2 nitrogen and oxygen atoms in total. The molecule has 0 heterocycles. The van der Waals surface area contributed by atoms with Crippen LogP contribution in [0.3, 0.4) is 0 Å². The van der Waals surface area contributed by atoms with E-state index in [-0.39, 0.29) is 0 Å². The molecule has 0 aliphatic rings. The average molecular weight is 509 g/mol. The summed E-state index contributed by atoms with van der Waals surface area (Å²) in [4.78, 5) is 0. The van der Waals surface area contributed by atoms with E-state index in [9.17, 15) is 10.2 Å². The van der Waals surface area contributed by atoms with Crippen LogP contribution in [0.1, 0.15) is 152 Å². The summed E-state index contributed by atoms with van der Waals surface area (Å²) in [6.45, 7) is 4.54. The molecule has 0 atom stereocenters. The Morgan fingerprint density at radius 3 is 1.11 bits per heavy atom. The Kier molecular flexibility index (Phi) is 16.9. The van der Waals surface area contributed by atoms with Gasteiger partial charge in [0.05, 0.1) is 0 Å². The van der Waals surface area contributed by atoms with Crippen molar-refractivity contribution in [1.29, 1.82) is 0 Å². The third-order valence-electron chi connectivity index (χ3n) is 7.95. The highest BCUT2D eigenvalue weighted by molar-refractivity contribution is 5.48. The summed E-state index contributed by atoms with van der Waals surface area (Å²) in [5.74, 6) is 0.733. The van der Waals surface area contributed by atoms with Crippen molar-refractivity contribution in [2.24, 2.45) is 0 Å². The first-order valence-electron chi connectivity index (χ1n) is 15.8. The molecule has 2 heteroatoms. The van der Waals surface area contributed by atoms with E-state index in [0.29, 0.717) is 17.9 Å². The van der Waals surface area contributed by atoms with Gasteiger partial charge in [0.1, 0.15) is 11.5 Å². The molecule has 0 spiro atoms. The van der Waals surface area contributed by atoms with Crippen LogP contribution in [-0.2, 0) is 19.3 Å². The van der Waals surface area contributed by atoms with Crippen molar-refractivity contribution in [3.8, 4) is 11.5 Å². The summed E-state index contributed by atoms with van der Waals surface area (Å²) in [5, 5.41) is 21.5. The predicted molar refractivity (Wildman–Crippen MR) is 161 cm³/mol. The Hall–Kier alpha value is -1.96. The maximum atomic E-state index is 10.7. The first-order chi connectivity index (χ1) is 18.2. The van der Waals surface area contributed by atoms with Gasteiger partial charge in [-0.05, 0) is 48.9 Å². The zero-order valence-electron chi connectivity index (χ0n) is 24.2. The van der Waals surface area contributed by atoms with Crippen LogP contribution in [0.4, 0.5) is 0 Å². The molecule has 0 aliphatic carbocycles. The number of hydrogen-bond acceptors (Lipinski definition) is 2. The number of benzene rings is 2. The van der Waals surface area contributed by atoms with Crippen LogP contribution in [0.2, 0.25) is 0 Å². The van der Waals surface area contributed by atoms with Crippen LogP contribution in [0.15, 0.2) is 36.4 Å². The molecule has 0 bridgehead atoms. The van der Waals surface area contributed by atoms with Gasteiger partial charge in [-0.1, -0.05) is 141 Å². The lowest BCUT2D eigenvalue weighted by atomic mass is 9.91. The van der Waals surface area contributed by atoms with E-state index in [1.165, 1.54) is 114 Å². The van der Waals surface area contributed by atoms with E-state index in [1.807, 2.05) is 12.1 Å². The lowest BCUT2D eigenvalue weighted by Crippen LogP contribution is -2.01. The van der Waals surface area contributed by atoms with Crippen molar-refractivity contribution < 1.29 is 10.2 Å². The van der Waals surface area contributed by atoms with Crippen LogP contribution in [0.5, 0.6) is 11.5 Å². The van der Waals surface area contributed by atoms with E-state index in [1.54, 1.807) is 12.1 Å². The number of rotatable bonds is 22. The summed E-state index contributed by atoms with van der Waals surface area (Å²) in [6, 6.07) is 11.9. The number of phenolic OH excluding ortho intramolecular Hbond substituents is 2. The molecule has 2 aromatic rings. The summed E-state index contributed by atoms with van der Waals surface area (Å²) in [6.07, 6.45) is 26.4. The second kappa shape index (κ2) is 20.1. The highest BCUT2D eigenvalue weighted by Crippen LogP contribution is 2.31. The maximum Gasteiger partial charge on any atom is 0.119 e. The van der Waals surface area contributed by atoms with E-state index in [2.05, 4.69) is 26.0 Å². The predicted octanol–water partition coefficient (Wildman–Crippen LogP) is 10.8. The monoisotopic (exact) mass is 508 g/mol. The van der Waals surface area contributed by atoms with Crippen molar-refractivity contribution >= 4 is 0 Å². The van der Waals surface area contributed by atoms with Gasteiger partial charge in [-0.25, -0.2) is 0 Å². The number of phenols is 2. The van der Waals surface area contributed by atoms with Crippen molar-refractivity contribution in [2.75, 3.05) is 0 Å². The van der Waals surface area contributed by atoms with Crippen molar-refractivity contribution in [2.45, 2.75) is 149 Å². The number of aromatic hydroxyl groups is 2. The Morgan fingerprint density at radius 2 is 0.757 bits per heavy atom. The van der Waals surface area contributed by atoms with Gasteiger partial charge in [-0.3, -0.25) is 0 Å². The molecule has 0 saturated carbocycles. The largest absolute Gasteiger partial charge is 0.508 e. The van der Waals surface area contributed by atoms with Gasteiger partial charge >= 0.3 is 0 Å². The fraction of sp³-hybridized carbons (Fsp3) is 0.657. The van der Waals surface area contributed by atoms with Crippen LogP contribution in [0, 0.1) is 0 Å². The molecule has 0 fully saturated rings. The topological polar surface area (TPSA) is 40.5 Å². The molecule has 2 N–H and O–H groups in total. The number of unbranched alkanes of at least 4 members (excludes halogenated alkanes) is 16. The Morgan fingerprint density at radius 1 is 0.432 bits per heavy atom. The minimum absolute atomic E-state index is 0.366. The maximum absolute atomic E-state index is 10.7. The van der Waals surface area contributed by atoms with Gasteiger partial charge in [0.15, 0.2) is 0 Å². The molecule has 0 aromatic heterocycles. The van der Waals surface area contributed by atoms with Gasteiger partial charge in [0, 0.05) is 17.5 Å². The van der Waals surface area contributed by atoms with Crippen LogP contribution >= 0.6 is 0 Å². The van der Waals surface area contributed by atoms with Gasteiger partial charge in [0.25, 0.3) is 0 Å². The summed E-state index contributed by atoms with van der Waals surface area (Å²) in [5.41, 5.74) is 4.47. The van der Waals surface area contributed by atoms with Crippen molar-refractivity contribution in [1.82, 2.24) is 0 Å². The third-order valence-corrected chi connectivity index (χ3v) is 7.95. The lowest BCUT2D eigenvalue weighted by Gasteiger charge is -2.16. The van der Waals surface area contributed by atoms with E-state index in [0.717, 1.165) is 36.8 Å². The first-order valence-corrected chi connectivity index (χ1v) is 15.8.